The first-order valence-electron chi connectivity index (χ1n) is 14.8. The van der Waals surface area contributed by atoms with Gasteiger partial charge in [-0.2, -0.15) is 0 Å². The Hall–Kier alpha value is -5.22. The fourth-order valence-corrected chi connectivity index (χ4v) is 6.09. The minimum atomic E-state index is -0.375. The Morgan fingerprint density at radius 3 is 1.23 bits per heavy atom. The lowest BCUT2D eigenvalue weighted by Crippen LogP contribution is -2.12. The van der Waals surface area contributed by atoms with Gasteiger partial charge in [-0.15, -0.1) is 0 Å². The highest BCUT2D eigenvalue weighted by Crippen LogP contribution is 2.40. The molecule has 0 amide bonds. The molecule has 44 heavy (non-hydrogen) atoms. The summed E-state index contributed by atoms with van der Waals surface area (Å²) in [6.07, 6.45) is 0. The van der Waals surface area contributed by atoms with Crippen LogP contribution in [0.15, 0.2) is 97.1 Å². The van der Waals surface area contributed by atoms with Gasteiger partial charge in [-0.1, -0.05) is 72.8 Å². The molecule has 0 radical (unpaired) electrons. The van der Waals surface area contributed by atoms with E-state index in [0.717, 1.165) is 66.1 Å². The maximum atomic E-state index is 13.4. The van der Waals surface area contributed by atoms with Crippen LogP contribution in [0.4, 0.5) is 0 Å². The van der Waals surface area contributed by atoms with E-state index in [-0.39, 0.29) is 11.9 Å². The van der Waals surface area contributed by atoms with Crippen molar-refractivity contribution in [3.05, 3.63) is 142 Å². The van der Waals surface area contributed by atoms with Gasteiger partial charge in [-0.3, -0.25) is 0 Å². The molecule has 0 spiro atoms. The summed E-state index contributed by atoms with van der Waals surface area (Å²) in [5.41, 5.74) is 8.82. The summed E-state index contributed by atoms with van der Waals surface area (Å²) in [6.45, 7) is 12.0. The molecule has 0 saturated heterocycles. The fraction of sp³-hybridized carbons (Fsp3) is 0.150. The molecule has 0 aliphatic rings. The normalized spacial score (nSPS) is 11.1. The lowest BCUT2D eigenvalue weighted by atomic mass is 9.88. The van der Waals surface area contributed by atoms with Crippen molar-refractivity contribution in [3.8, 4) is 22.6 Å². The van der Waals surface area contributed by atoms with Crippen LogP contribution >= 0.6 is 0 Å². The van der Waals surface area contributed by atoms with E-state index in [1.54, 1.807) is 12.1 Å². The highest BCUT2D eigenvalue weighted by Gasteiger charge is 2.22. The Kier molecular flexibility index (Phi) is 7.52. The molecule has 0 unspecified atom stereocenters. The van der Waals surface area contributed by atoms with Gasteiger partial charge < -0.3 is 9.47 Å². The number of aryl methyl sites for hydroxylation is 2. The molecule has 0 atom stereocenters. The number of esters is 2. The van der Waals surface area contributed by atoms with Gasteiger partial charge in [0, 0.05) is 0 Å². The zero-order valence-electron chi connectivity index (χ0n) is 25.9. The van der Waals surface area contributed by atoms with Crippen molar-refractivity contribution in [2.45, 2.75) is 41.5 Å². The van der Waals surface area contributed by atoms with Gasteiger partial charge in [0.15, 0.2) is 0 Å². The summed E-state index contributed by atoms with van der Waals surface area (Å²) < 4.78 is 12.1. The third-order valence-corrected chi connectivity index (χ3v) is 8.75. The van der Waals surface area contributed by atoms with E-state index in [1.165, 1.54) is 0 Å². The molecule has 0 aliphatic heterocycles. The molecule has 4 nitrogen and oxygen atoms in total. The quantitative estimate of drug-likeness (QED) is 0.151. The average molecular weight is 579 g/mol. The van der Waals surface area contributed by atoms with Crippen LogP contribution in [-0.2, 0) is 0 Å². The minimum Gasteiger partial charge on any atom is -0.422 e. The van der Waals surface area contributed by atoms with E-state index in [1.807, 2.05) is 100 Å². The second kappa shape index (κ2) is 11.5. The first kappa shape index (κ1) is 28.9. The highest BCUT2D eigenvalue weighted by molar-refractivity contribution is 6.06. The number of rotatable bonds is 5. The van der Waals surface area contributed by atoms with Crippen LogP contribution in [0.5, 0.6) is 11.5 Å². The van der Waals surface area contributed by atoms with Crippen LogP contribution < -0.4 is 9.47 Å². The van der Waals surface area contributed by atoms with Gasteiger partial charge >= 0.3 is 11.9 Å². The first-order chi connectivity index (χ1) is 21.2. The lowest BCUT2D eigenvalue weighted by Gasteiger charge is -2.21. The van der Waals surface area contributed by atoms with Gasteiger partial charge in [-0.25, -0.2) is 9.59 Å². The van der Waals surface area contributed by atoms with E-state index >= 15 is 0 Å². The number of fused-ring (bicyclic) bond motifs is 2. The van der Waals surface area contributed by atoms with E-state index in [4.69, 9.17) is 9.47 Å². The van der Waals surface area contributed by atoms with Crippen molar-refractivity contribution in [1.29, 1.82) is 0 Å². The molecule has 0 fully saturated rings. The molecule has 6 rings (SSSR count). The molecule has 6 aromatic carbocycles. The van der Waals surface area contributed by atoms with E-state index in [0.29, 0.717) is 22.6 Å². The lowest BCUT2D eigenvalue weighted by molar-refractivity contribution is 0.0725. The summed E-state index contributed by atoms with van der Waals surface area (Å²) in [5, 5.41) is 3.72. The zero-order valence-corrected chi connectivity index (χ0v) is 25.9. The molecular weight excluding hydrogens is 544 g/mol. The third-order valence-electron chi connectivity index (χ3n) is 8.75. The largest absolute Gasteiger partial charge is 0.422 e. The first-order valence-corrected chi connectivity index (χ1v) is 14.8. The predicted molar refractivity (Wildman–Crippen MR) is 178 cm³/mol. The predicted octanol–water partition coefficient (Wildman–Crippen LogP) is 9.95. The maximum Gasteiger partial charge on any atom is 0.344 e. The SMILES string of the molecule is Cc1cc(-c2cc(C)c(OC(=O)c3cccc4ccccc34)c(C)c2C)c(C)c(C)c1OC(=O)c1cccc2ccccc12. The fourth-order valence-electron chi connectivity index (χ4n) is 6.09. The van der Waals surface area contributed by atoms with Gasteiger partial charge in [0.25, 0.3) is 0 Å². The van der Waals surface area contributed by atoms with Gasteiger partial charge in [0.05, 0.1) is 11.1 Å². The summed E-state index contributed by atoms with van der Waals surface area (Å²) >= 11 is 0. The van der Waals surface area contributed by atoms with Crippen LogP contribution in [0.3, 0.4) is 0 Å². The topological polar surface area (TPSA) is 52.6 Å². The maximum absolute atomic E-state index is 13.4. The van der Waals surface area contributed by atoms with Gasteiger partial charge in [-0.05, 0) is 132 Å². The summed E-state index contributed by atoms with van der Waals surface area (Å²) in [5.74, 6) is 0.410. The van der Waals surface area contributed by atoms with Crippen molar-refractivity contribution in [3.63, 3.8) is 0 Å². The minimum absolute atomic E-state index is 0.375. The molecular formula is C40H34O4. The molecule has 218 valence electrons. The number of hydrogen-bond donors (Lipinski definition) is 0. The van der Waals surface area contributed by atoms with Crippen molar-refractivity contribution in [1.82, 2.24) is 0 Å². The molecule has 0 aromatic heterocycles. The highest BCUT2D eigenvalue weighted by atomic mass is 16.5. The molecule has 0 saturated carbocycles. The summed E-state index contributed by atoms with van der Waals surface area (Å²) in [4.78, 5) is 26.8. The van der Waals surface area contributed by atoms with Crippen LogP contribution in [0.1, 0.15) is 54.1 Å². The number of benzene rings is 6. The van der Waals surface area contributed by atoms with Crippen LogP contribution in [0.25, 0.3) is 32.7 Å². The second-order valence-corrected chi connectivity index (χ2v) is 11.5. The van der Waals surface area contributed by atoms with Crippen molar-refractivity contribution < 1.29 is 19.1 Å². The molecule has 0 bridgehead atoms. The Balaban J connectivity index is 1.33. The number of carbonyl (C=O) groups excluding carboxylic acids is 2. The average Bonchev–Trinajstić information content (AvgIpc) is 3.04. The molecule has 4 heteroatoms. The Morgan fingerprint density at radius 1 is 0.455 bits per heavy atom. The van der Waals surface area contributed by atoms with E-state index in [2.05, 4.69) is 26.0 Å². The number of carbonyl (C=O) groups is 2. The molecule has 6 aromatic rings. The Bertz CT molecular complexity index is 1960. The zero-order chi connectivity index (χ0) is 31.1. The number of hydrogen-bond acceptors (Lipinski definition) is 4. The molecule has 0 heterocycles. The van der Waals surface area contributed by atoms with Crippen molar-refractivity contribution >= 4 is 33.5 Å². The van der Waals surface area contributed by atoms with E-state index < -0.39 is 0 Å². The molecule has 0 aliphatic carbocycles. The van der Waals surface area contributed by atoms with Crippen LogP contribution in [-0.4, -0.2) is 11.9 Å². The monoisotopic (exact) mass is 578 g/mol. The Morgan fingerprint density at radius 2 is 0.818 bits per heavy atom. The second-order valence-electron chi connectivity index (χ2n) is 11.5. The van der Waals surface area contributed by atoms with Crippen LogP contribution in [0, 0.1) is 41.5 Å². The smallest absolute Gasteiger partial charge is 0.344 e. The number of ether oxygens (including phenoxy) is 2. The Labute approximate surface area is 257 Å². The standard InChI is InChI=1S/C40H34O4/c1-23-21-35(25(3)27(5)37(23)43-39(41)33-19-11-15-29-13-7-9-17-31(29)33)36-22-24(2)38(28(6)26(36)4)44-40(42)34-20-12-16-30-14-8-10-18-32(30)34/h7-22H,1-6H3. The third kappa shape index (κ3) is 5.03. The van der Waals surface area contributed by atoms with E-state index in [9.17, 15) is 9.59 Å². The van der Waals surface area contributed by atoms with Gasteiger partial charge in [0.2, 0.25) is 0 Å². The van der Waals surface area contributed by atoms with Crippen molar-refractivity contribution in [2.24, 2.45) is 0 Å². The van der Waals surface area contributed by atoms with Crippen LogP contribution in [0.2, 0.25) is 0 Å². The summed E-state index contributed by atoms with van der Waals surface area (Å²) in [7, 11) is 0. The van der Waals surface area contributed by atoms with Gasteiger partial charge in [0.1, 0.15) is 11.5 Å². The summed E-state index contributed by atoms with van der Waals surface area (Å²) in [6, 6.07) is 31.1. The van der Waals surface area contributed by atoms with Crippen molar-refractivity contribution in [2.75, 3.05) is 0 Å². The molecule has 0 N–H and O–H groups in total.